The highest BCUT2D eigenvalue weighted by Crippen LogP contribution is 2.31. The van der Waals surface area contributed by atoms with Gasteiger partial charge in [0, 0.05) is 13.1 Å². The van der Waals surface area contributed by atoms with Crippen molar-refractivity contribution in [1.29, 1.82) is 0 Å². The van der Waals surface area contributed by atoms with Gasteiger partial charge in [0.2, 0.25) is 5.88 Å². The van der Waals surface area contributed by atoms with E-state index >= 15 is 0 Å². The second kappa shape index (κ2) is 6.12. The van der Waals surface area contributed by atoms with Gasteiger partial charge in [-0.15, -0.1) is 0 Å². The van der Waals surface area contributed by atoms with Crippen molar-refractivity contribution in [2.24, 2.45) is 5.92 Å². The zero-order valence-electron chi connectivity index (χ0n) is 14.0. The molecule has 1 aromatic rings. The topological polar surface area (TPSA) is 51.4 Å². The molecule has 0 bridgehead atoms. The quantitative estimate of drug-likeness (QED) is 0.919. The summed E-state index contributed by atoms with van der Waals surface area (Å²) >= 11 is 0. The summed E-state index contributed by atoms with van der Waals surface area (Å²) < 4.78 is 5.87. The first-order valence-electron chi connectivity index (χ1n) is 7.94. The lowest BCUT2D eigenvalue weighted by molar-refractivity contribution is 0.125. The maximum Gasteiger partial charge on any atom is 0.239 e. The maximum atomic E-state index is 5.99. The normalized spacial score (nSPS) is 22.9. The number of aromatic nitrogens is 1. The van der Waals surface area contributed by atoms with Crippen LogP contribution in [-0.4, -0.2) is 23.7 Å². The number of nitrogens with two attached hydrogens (primary N) is 1. The molecule has 1 heterocycles. The Labute approximate surface area is 128 Å². The van der Waals surface area contributed by atoms with Crippen LogP contribution in [0, 0.1) is 5.92 Å². The average molecular weight is 291 g/mol. The summed E-state index contributed by atoms with van der Waals surface area (Å²) in [5.74, 6) is 2.28. The van der Waals surface area contributed by atoms with Crippen LogP contribution < -0.4 is 15.4 Å². The Morgan fingerprint density at radius 1 is 1.29 bits per heavy atom. The average Bonchev–Trinajstić information content (AvgIpc) is 2.39. The van der Waals surface area contributed by atoms with Gasteiger partial charge in [0.25, 0.3) is 0 Å². The van der Waals surface area contributed by atoms with E-state index in [0.717, 1.165) is 11.7 Å². The summed E-state index contributed by atoms with van der Waals surface area (Å²) in [6, 6.07) is 4.45. The van der Waals surface area contributed by atoms with E-state index in [1.165, 1.54) is 25.7 Å². The highest BCUT2D eigenvalue weighted by atomic mass is 16.5. The van der Waals surface area contributed by atoms with E-state index in [-0.39, 0.29) is 5.60 Å². The molecule has 0 spiro atoms. The van der Waals surface area contributed by atoms with Crippen LogP contribution in [0.15, 0.2) is 12.1 Å². The molecule has 2 unspecified atom stereocenters. The highest BCUT2D eigenvalue weighted by Gasteiger charge is 2.24. The van der Waals surface area contributed by atoms with Crippen LogP contribution in [0.5, 0.6) is 5.88 Å². The fraction of sp³-hybridized carbons (Fsp3) is 0.706. The van der Waals surface area contributed by atoms with Crippen LogP contribution in [0.2, 0.25) is 0 Å². The van der Waals surface area contributed by atoms with Crippen LogP contribution in [0.25, 0.3) is 0 Å². The summed E-state index contributed by atoms with van der Waals surface area (Å²) in [6.07, 6.45) is 5.12. The molecular weight excluding hydrogens is 262 g/mol. The monoisotopic (exact) mass is 291 g/mol. The van der Waals surface area contributed by atoms with Crippen molar-refractivity contribution in [1.82, 2.24) is 4.98 Å². The highest BCUT2D eigenvalue weighted by molar-refractivity contribution is 5.54. The number of nitrogens with zero attached hydrogens (tertiary/aromatic N) is 2. The molecule has 21 heavy (non-hydrogen) atoms. The van der Waals surface area contributed by atoms with Crippen molar-refractivity contribution >= 4 is 11.5 Å². The van der Waals surface area contributed by atoms with E-state index in [9.17, 15) is 0 Å². The minimum Gasteiger partial charge on any atom is -0.470 e. The summed E-state index contributed by atoms with van der Waals surface area (Å²) in [5, 5.41) is 0. The summed E-state index contributed by atoms with van der Waals surface area (Å²) in [6.45, 7) is 8.36. The largest absolute Gasteiger partial charge is 0.470 e. The molecule has 2 N–H and O–H groups in total. The summed E-state index contributed by atoms with van der Waals surface area (Å²) in [5.41, 5.74) is 6.29. The number of nitrogen functional groups attached to an aromatic ring is 1. The van der Waals surface area contributed by atoms with Crippen molar-refractivity contribution in [3.63, 3.8) is 0 Å². The molecule has 0 amide bonds. The van der Waals surface area contributed by atoms with E-state index < -0.39 is 0 Å². The fourth-order valence-electron chi connectivity index (χ4n) is 2.95. The molecule has 0 saturated heterocycles. The number of hydrogen-bond acceptors (Lipinski definition) is 4. The van der Waals surface area contributed by atoms with Crippen LogP contribution in [0.3, 0.4) is 0 Å². The van der Waals surface area contributed by atoms with Gasteiger partial charge >= 0.3 is 0 Å². The van der Waals surface area contributed by atoms with E-state index in [2.05, 4.69) is 23.9 Å². The maximum absolute atomic E-state index is 5.99. The Morgan fingerprint density at radius 2 is 2.00 bits per heavy atom. The van der Waals surface area contributed by atoms with Crippen LogP contribution in [-0.2, 0) is 0 Å². The Morgan fingerprint density at radius 3 is 2.62 bits per heavy atom. The smallest absolute Gasteiger partial charge is 0.239 e. The first-order chi connectivity index (χ1) is 9.76. The molecule has 4 nitrogen and oxygen atoms in total. The SMILES string of the molecule is CC1CCCC(N(C)c2ccc(N)c(OC(C)(C)C)n2)C1. The summed E-state index contributed by atoms with van der Waals surface area (Å²) in [7, 11) is 2.13. The van der Waals surface area contributed by atoms with Crippen molar-refractivity contribution in [2.45, 2.75) is 65.0 Å². The lowest BCUT2D eigenvalue weighted by Crippen LogP contribution is -2.36. The first-order valence-corrected chi connectivity index (χ1v) is 7.94. The fourth-order valence-corrected chi connectivity index (χ4v) is 2.95. The van der Waals surface area contributed by atoms with Crippen LogP contribution in [0.4, 0.5) is 11.5 Å². The van der Waals surface area contributed by atoms with Gasteiger partial charge in [0.05, 0.1) is 5.69 Å². The predicted octanol–water partition coefficient (Wildman–Crippen LogP) is 3.86. The van der Waals surface area contributed by atoms with Gasteiger partial charge in [-0.3, -0.25) is 0 Å². The van der Waals surface area contributed by atoms with Crippen LogP contribution in [0.1, 0.15) is 53.4 Å². The Kier molecular flexibility index (Phi) is 4.64. The lowest BCUT2D eigenvalue weighted by Gasteiger charge is -2.35. The molecule has 0 aliphatic heterocycles. The third-order valence-electron chi connectivity index (χ3n) is 4.10. The molecule has 0 radical (unpaired) electrons. The van der Waals surface area contributed by atoms with E-state index in [4.69, 9.17) is 10.5 Å². The Hall–Kier alpha value is -1.45. The molecular formula is C17H29N3O. The lowest BCUT2D eigenvalue weighted by atomic mass is 9.86. The molecule has 1 fully saturated rings. The van der Waals surface area contributed by atoms with Crippen LogP contribution >= 0.6 is 0 Å². The van der Waals surface area contributed by atoms with E-state index in [0.29, 0.717) is 17.6 Å². The number of pyridine rings is 1. The third-order valence-corrected chi connectivity index (χ3v) is 4.10. The zero-order valence-corrected chi connectivity index (χ0v) is 14.0. The van der Waals surface area contributed by atoms with Gasteiger partial charge in [0.15, 0.2) is 0 Å². The molecule has 1 aliphatic rings. The van der Waals surface area contributed by atoms with Crippen molar-refractivity contribution < 1.29 is 4.74 Å². The molecule has 2 atom stereocenters. The van der Waals surface area contributed by atoms with E-state index in [1.807, 2.05) is 32.9 Å². The molecule has 4 heteroatoms. The zero-order chi connectivity index (χ0) is 15.6. The van der Waals surface area contributed by atoms with Gasteiger partial charge in [-0.2, -0.15) is 4.98 Å². The Balaban J connectivity index is 2.17. The minimum atomic E-state index is -0.294. The standard InChI is InChI=1S/C17H29N3O/c1-12-7-6-8-13(11-12)20(5)15-10-9-14(18)16(19-15)21-17(2,3)4/h9-10,12-13H,6-8,11,18H2,1-5H3. The van der Waals surface area contributed by atoms with Crippen molar-refractivity contribution in [2.75, 3.05) is 17.7 Å². The van der Waals surface area contributed by atoms with Gasteiger partial charge < -0.3 is 15.4 Å². The van der Waals surface area contributed by atoms with Gasteiger partial charge in [-0.05, 0) is 51.7 Å². The predicted molar refractivity (Wildman–Crippen MR) is 88.9 cm³/mol. The first kappa shape index (κ1) is 15.9. The minimum absolute atomic E-state index is 0.294. The summed E-state index contributed by atoms with van der Waals surface area (Å²) in [4.78, 5) is 6.92. The molecule has 1 saturated carbocycles. The molecule has 1 aliphatic carbocycles. The Bertz CT molecular complexity index is 481. The molecule has 1 aromatic heterocycles. The second-order valence-electron chi connectivity index (χ2n) is 7.31. The molecule has 118 valence electrons. The molecule has 2 rings (SSSR count). The third kappa shape index (κ3) is 4.26. The van der Waals surface area contributed by atoms with E-state index in [1.54, 1.807) is 0 Å². The van der Waals surface area contributed by atoms with Crippen molar-refractivity contribution in [3.8, 4) is 5.88 Å². The van der Waals surface area contributed by atoms with Gasteiger partial charge in [0.1, 0.15) is 11.4 Å². The molecule has 0 aromatic carbocycles. The van der Waals surface area contributed by atoms with Gasteiger partial charge in [-0.1, -0.05) is 19.8 Å². The number of ether oxygens (including phenoxy) is 1. The van der Waals surface area contributed by atoms with Crippen molar-refractivity contribution in [3.05, 3.63) is 12.1 Å². The van der Waals surface area contributed by atoms with Gasteiger partial charge in [-0.25, -0.2) is 0 Å². The number of anilines is 2. The number of rotatable bonds is 3. The number of hydrogen-bond donors (Lipinski definition) is 1. The second-order valence-corrected chi connectivity index (χ2v) is 7.31.